The summed E-state index contributed by atoms with van der Waals surface area (Å²) in [5.41, 5.74) is 4.21. The fourth-order valence-electron chi connectivity index (χ4n) is 2.95. The summed E-state index contributed by atoms with van der Waals surface area (Å²) in [4.78, 5) is 3.69. The zero-order valence-corrected chi connectivity index (χ0v) is 11.7. The minimum atomic E-state index is 0.966. The van der Waals surface area contributed by atoms with Gasteiger partial charge in [0.1, 0.15) is 5.58 Å². The van der Waals surface area contributed by atoms with Crippen molar-refractivity contribution in [1.82, 2.24) is 9.21 Å². The van der Waals surface area contributed by atoms with Gasteiger partial charge in [-0.1, -0.05) is 0 Å². The Morgan fingerprint density at radius 2 is 1.84 bits per heavy atom. The SMILES string of the molecule is CN1CC2=C(C1)CN(Sc1ccc3occc3c1)C2. The van der Waals surface area contributed by atoms with Gasteiger partial charge in [-0.3, -0.25) is 4.90 Å². The molecule has 0 unspecified atom stereocenters. The van der Waals surface area contributed by atoms with Crippen molar-refractivity contribution in [2.24, 2.45) is 0 Å². The zero-order valence-electron chi connectivity index (χ0n) is 10.9. The number of benzene rings is 1. The lowest BCUT2D eigenvalue weighted by Gasteiger charge is -2.19. The molecule has 0 atom stereocenters. The highest BCUT2D eigenvalue weighted by Gasteiger charge is 2.28. The first-order chi connectivity index (χ1) is 9.28. The molecule has 2 aliphatic heterocycles. The number of rotatable bonds is 2. The number of nitrogens with zero attached hydrogens (tertiary/aromatic N) is 2. The molecule has 19 heavy (non-hydrogen) atoms. The van der Waals surface area contributed by atoms with Crippen molar-refractivity contribution in [2.45, 2.75) is 4.90 Å². The molecule has 4 rings (SSSR count). The average molecular weight is 272 g/mol. The predicted octanol–water partition coefficient (Wildman–Crippen LogP) is 3.00. The molecule has 2 aliphatic rings. The second-order valence-electron chi connectivity index (χ2n) is 5.39. The van der Waals surface area contributed by atoms with Gasteiger partial charge in [-0.25, -0.2) is 4.31 Å². The van der Waals surface area contributed by atoms with Gasteiger partial charge < -0.3 is 4.42 Å². The molecular weight excluding hydrogens is 256 g/mol. The standard InChI is InChI=1S/C15H16N2OS/c1-16-7-12-9-17(10-13(12)8-16)19-14-2-3-15-11(6-14)4-5-18-15/h2-6H,7-10H2,1H3. The van der Waals surface area contributed by atoms with E-state index < -0.39 is 0 Å². The summed E-state index contributed by atoms with van der Waals surface area (Å²) in [5, 5.41) is 1.18. The molecule has 3 nitrogen and oxygen atoms in total. The van der Waals surface area contributed by atoms with Crippen LogP contribution in [0.3, 0.4) is 0 Å². The van der Waals surface area contributed by atoms with E-state index in [1.54, 1.807) is 17.4 Å². The summed E-state index contributed by atoms with van der Waals surface area (Å²) < 4.78 is 7.84. The third kappa shape index (κ3) is 2.10. The van der Waals surface area contributed by atoms with Gasteiger partial charge in [0.15, 0.2) is 0 Å². The fraction of sp³-hybridized carbons (Fsp3) is 0.333. The van der Waals surface area contributed by atoms with Crippen LogP contribution in [-0.2, 0) is 0 Å². The van der Waals surface area contributed by atoms with Gasteiger partial charge >= 0.3 is 0 Å². The highest BCUT2D eigenvalue weighted by molar-refractivity contribution is 7.97. The third-order valence-electron chi connectivity index (χ3n) is 3.81. The van der Waals surface area contributed by atoms with Crippen LogP contribution in [0, 0.1) is 0 Å². The summed E-state index contributed by atoms with van der Waals surface area (Å²) in [7, 11) is 2.20. The van der Waals surface area contributed by atoms with Crippen molar-refractivity contribution < 1.29 is 4.42 Å². The maximum Gasteiger partial charge on any atom is 0.133 e. The van der Waals surface area contributed by atoms with Gasteiger partial charge in [-0.2, -0.15) is 0 Å². The summed E-state index contributed by atoms with van der Waals surface area (Å²) >= 11 is 1.86. The largest absolute Gasteiger partial charge is 0.464 e. The molecule has 1 aromatic heterocycles. The quantitative estimate of drug-likeness (QED) is 0.618. The average Bonchev–Trinajstić information content (AvgIpc) is 3.02. The van der Waals surface area contributed by atoms with E-state index >= 15 is 0 Å². The Hall–Kier alpha value is -1.23. The summed E-state index contributed by atoms with van der Waals surface area (Å²) in [5.74, 6) is 0. The normalized spacial score (nSPS) is 20.7. The first kappa shape index (κ1) is 11.6. The Kier molecular flexibility index (Phi) is 2.69. The number of fused-ring (bicyclic) bond motifs is 1. The molecule has 0 saturated heterocycles. The molecule has 0 aliphatic carbocycles. The van der Waals surface area contributed by atoms with Gasteiger partial charge in [0.25, 0.3) is 0 Å². The lowest BCUT2D eigenvalue weighted by molar-refractivity contribution is 0.399. The number of hydrogen-bond acceptors (Lipinski definition) is 4. The second kappa shape index (κ2) is 4.40. The van der Waals surface area contributed by atoms with Crippen molar-refractivity contribution in [3.8, 4) is 0 Å². The van der Waals surface area contributed by atoms with Crippen molar-refractivity contribution in [1.29, 1.82) is 0 Å². The van der Waals surface area contributed by atoms with Crippen LogP contribution in [0.25, 0.3) is 11.0 Å². The molecule has 0 bridgehead atoms. The highest BCUT2D eigenvalue weighted by atomic mass is 32.2. The zero-order chi connectivity index (χ0) is 12.8. The number of hydrogen-bond donors (Lipinski definition) is 0. The van der Waals surface area contributed by atoms with E-state index in [4.69, 9.17) is 4.42 Å². The smallest absolute Gasteiger partial charge is 0.133 e. The summed E-state index contributed by atoms with van der Waals surface area (Å²) in [6.45, 7) is 4.50. The number of furan rings is 1. The minimum absolute atomic E-state index is 0.966. The third-order valence-corrected chi connectivity index (χ3v) is 4.80. The van der Waals surface area contributed by atoms with Crippen LogP contribution >= 0.6 is 11.9 Å². The van der Waals surface area contributed by atoms with Crippen LogP contribution < -0.4 is 0 Å². The molecule has 4 heteroatoms. The number of likely N-dealkylation sites (N-methyl/N-ethyl adjacent to an activating group) is 1. The highest BCUT2D eigenvalue weighted by Crippen LogP contribution is 2.33. The van der Waals surface area contributed by atoms with Gasteiger partial charge in [-0.15, -0.1) is 0 Å². The first-order valence-electron chi connectivity index (χ1n) is 6.56. The van der Waals surface area contributed by atoms with Gasteiger partial charge in [-0.05, 0) is 54.4 Å². The predicted molar refractivity (Wildman–Crippen MR) is 78.2 cm³/mol. The van der Waals surface area contributed by atoms with Crippen molar-refractivity contribution in [3.05, 3.63) is 41.7 Å². The Balaban J connectivity index is 1.48. The van der Waals surface area contributed by atoms with Crippen molar-refractivity contribution >= 4 is 22.9 Å². The maximum absolute atomic E-state index is 5.38. The van der Waals surface area contributed by atoms with Gasteiger partial charge in [0.2, 0.25) is 0 Å². The van der Waals surface area contributed by atoms with Crippen molar-refractivity contribution in [2.75, 3.05) is 33.2 Å². The molecular formula is C15H16N2OS. The van der Waals surface area contributed by atoms with E-state index in [0.717, 1.165) is 31.8 Å². The molecule has 0 N–H and O–H groups in total. The fourth-order valence-corrected chi connectivity index (χ4v) is 4.00. The van der Waals surface area contributed by atoms with Crippen LogP contribution in [0.4, 0.5) is 0 Å². The molecule has 98 valence electrons. The Labute approximate surface area is 117 Å². The van der Waals surface area contributed by atoms with Crippen LogP contribution in [0.15, 0.2) is 51.0 Å². The second-order valence-corrected chi connectivity index (χ2v) is 6.56. The monoisotopic (exact) mass is 272 g/mol. The molecule has 0 spiro atoms. The maximum atomic E-state index is 5.38. The Morgan fingerprint density at radius 1 is 1.05 bits per heavy atom. The minimum Gasteiger partial charge on any atom is -0.464 e. The van der Waals surface area contributed by atoms with Crippen LogP contribution in [0.1, 0.15) is 0 Å². The molecule has 0 fully saturated rings. The molecule has 2 aromatic rings. The van der Waals surface area contributed by atoms with Gasteiger partial charge in [0.05, 0.1) is 6.26 Å². The van der Waals surface area contributed by atoms with Crippen LogP contribution in [-0.4, -0.2) is 42.4 Å². The first-order valence-corrected chi connectivity index (χ1v) is 7.34. The molecule has 0 amide bonds. The summed E-state index contributed by atoms with van der Waals surface area (Å²) in [6.07, 6.45) is 1.75. The molecule has 0 radical (unpaired) electrons. The summed E-state index contributed by atoms with van der Waals surface area (Å²) in [6, 6.07) is 8.43. The van der Waals surface area contributed by atoms with E-state index in [-0.39, 0.29) is 0 Å². The van der Waals surface area contributed by atoms with E-state index in [1.807, 2.05) is 18.0 Å². The van der Waals surface area contributed by atoms with Gasteiger partial charge in [0, 0.05) is 36.5 Å². The van der Waals surface area contributed by atoms with E-state index in [2.05, 4.69) is 34.5 Å². The van der Waals surface area contributed by atoms with Crippen LogP contribution in [0.2, 0.25) is 0 Å². The van der Waals surface area contributed by atoms with Crippen LogP contribution in [0.5, 0.6) is 0 Å². The molecule has 1 aromatic carbocycles. The van der Waals surface area contributed by atoms with E-state index in [0.29, 0.717) is 0 Å². The Morgan fingerprint density at radius 3 is 2.63 bits per heavy atom. The van der Waals surface area contributed by atoms with E-state index in [9.17, 15) is 0 Å². The molecule has 3 heterocycles. The topological polar surface area (TPSA) is 19.6 Å². The lowest BCUT2D eigenvalue weighted by atomic mass is 10.2. The van der Waals surface area contributed by atoms with E-state index in [1.165, 1.54) is 10.3 Å². The lowest BCUT2D eigenvalue weighted by Crippen LogP contribution is -2.23. The molecule has 0 saturated carbocycles. The van der Waals surface area contributed by atoms with Crippen molar-refractivity contribution in [3.63, 3.8) is 0 Å². The Bertz CT molecular complexity index is 643.